The molecule has 0 amide bonds. The van der Waals surface area contributed by atoms with Gasteiger partial charge in [0, 0.05) is 6.20 Å². The number of nitrogens with one attached hydrogen (secondary N) is 1. The van der Waals surface area contributed by atoms with E-state index in [2.05, 4.69) is 21.4 Å². The third kappa shape index (κ3) is 7.45. The summed E-state index contributed by atoms with van der Waals surface area (Å²) >= 11 is 0. The van der Waals surface area contributed by atoms with Gasteiger partial charge in [0.25, 0.3) is 0 Å². The molecule has 0 fully saturated rings. The van der Waals surface area contributed by atoms with Crippen molar-refractivity contribution in [2.24, 2.45) is 0 Å². The van der Waals surface area contributed by atoms with Gasteiger partial charge in [-0.1, -0.05) is 45.4 Å². The maximum Gasteiger partial charge on any atom is 0.340 e. The summed E-state index contributed by atoms with van der Waals surface area (Å²) in [5.41, 5.74) is 0.313. The molecular weight excluding hydrogens is 316 g/mol. The molecule has 0 aliphatic heterocycles. The fourth-order valence-corrected chi connectivity index (χ4v) is 3.42. The average molecular weight is 342 g/mol. The Balaban J connectivity index is 2.48. The van der Waals surface area contributed by atoms with Crippen LogP contribution in [0.1, 0.15) is 62.2 Å². The molecule has 1 rings (SSSR count). The van der Waals surface area contributed by atoms with E-state index in [4.69, 9.17) is 0 Å². The molecule has 1 aromatic heterocycles. The number of rotatable bonds is 11. The van der Waals surface area contributed by atoms with Crippen molar-refractivity contribution in [3.05, 3.63) is 24.0 Å². The highest BCUT2D eigenvalue weighted by Crippen LogP contribution is 2.17. The van der Waals surface area contributed by atoms with E-state index >= 15 is 0 Å². The van der Waals surface area contributed by atoms with Crippen molar-refractivity contribution in [2.75, 3.05) is 17.6 Å². The van der Waals surface area contributed by atoms with Crippen molar-refractivity contribution in [1.82, 2.24) is 4.98 Å². The molecule has 130 valence electrons. The number of carbonyl (C=O) groups excluding carboxylic acids is 1. The Hall–Kier alpha value is -1.63. The van der Waals surface area contributed by atoms with Gasteiger partial charge in [-0.3, -0.25) is 9.71 Å². The van der Waals surface area contributed by atoms with Crippen LogP contribution in [0.3, 0.4) is 0 Å². The Kier molecular flexibility index (Phi) is 8.61. The highest BCUT2D eigenvalue weighted by Gasteiger charge is 2.17. The van der Waals surface area contributed by atoms with Crippen molar-refractivity contribution in [3.63, 3.8) is 0 Å². The van der Waals surface area contributed by atoms with E-state index in [-0.39, 0.29) is 17.0 Å². The smallest absolute Gasteiger partial charge is 0.340 e. The van der Waals surface area contributed by atoms with Crippen molar-refractivity contribution in [1.29, 1.82) is 0 Å². The number of pyridine rings is 1. The normalized spacial score (nSPS) is 11.2. The number of esters is 1. The summed E-state index contributed by atoms with van der Waals surface area (Å²) in [4.78, 5) is 15.5. The lowest BCUT2D eigenvalue weighted by Crippen LogP contribution is -2.19. The van der Waals surface area contributed by atoms with Crippen molar-refractivity contribution in [2.45, 2.75) is 51.9 Å². The van der Waals surface area contributed by atoms with Gasteiger partial charge >= 0.3 is 5.97 Å². The van der Waals surface area contributed by atoms with Crippen LogP contribution in [-0.2, 0) is 14.8 Å². The first-order valence-corrected chi connectivity index (χ1v) is 9.68. The summed E-state index contributed by atoms with van der Waals surface area (Å²) in [5.74, 6) is -0.558. The van der Waals surface area contributed by atoms with Crippen molar-refractivity contribution in [3.8, 4) is 0 Å². The monoisotopic (exact) mass is 342 g/mol. The Bertz CT molecular complexity index is 587. The zero-order valence-corrected chi connectivity index (χ0v) is 14.7. The van der Waals surface area contributed by atoms with Crippen LogP contribution in [0, 0.1) is 0 Å². The largest absolute Gasteiger partial charge is 0.465 e. The first-order valence-electron chi connectivity index (χ1n) is 8.03. The number of sulfonamides is 1. The summed E-state index contributed by atoms with van der Waals surface area (Å²) in [6.07, 6.45) is 10.1. The summed E-state index contributed by atoms with van der Waals surface area (Å²) < 4.78 is 31.3. The predicted molar refractivity (Wildman–Crippen MR) is 91.0 cm³/mol. The van der Waals surface area contributed by atoms with E-state index in [9.17, 15) is 13.2 Å². The third-order valence-corrected chi connectivity index (χ3v) is 4.87. The SMILES string of the molecule is CCCCCCCCCS(=O)(=O)Nc1cnccc1C(=O)OC. The second-order valence-electron chi connectivity index (χ2n) is 5.46. The van der Waals surface area contributed by atoms with Crippen LogP contribution < -0.4 is 4.72 Å². The average Bonchev–Trinajstić information content (AvgIpc) is 2.53. The van der Waals surface area contributed by atoms with Crippen LogP contribution in [0.25, 0.3) is 0 Å². The Morgan fingerprint density at radius 3 is 2.48 bits per heavy atom. The lowest BCUT2D eigenvalue weighted by molar-refractivity contribution is 0.0602. The van der Waals surface area contributed by atoms with Gasteiger partial charge in [0.2, 0.25) is 10.0 Å². The number of methoxy groups -OCH3 is 1. The van der Waals surface area contributed by atoms with Crippen molar-refractivity contribution < 1.29 is 17.9 Å². The van der Waals surface area contributed by atoms with E-state index in [1.165, 1.54) is 44.8 Å². The number of anilines is 1. The molecule has 0 bridgehead atoms. The Labute approximate surface area is 138 Å². The quantitative estimate of drug-likeness (QED) is 0.492. The summed E-state index contributed by atoms with van der Waals surface area (Å²) in [7, 11) is -2.24. The standard InChI is InChI=1S/C16H26N2O4S/c1-3-4-5-6-7-8-9-12-23(20,21)18-15-13-17-11-10-14(15)16(19)22-2/h10-11,13,18H,3-9,12H2,1-2H3. The third-order valence-electron chi connectivity index (χ3n) is 3.51. The molecule has 0 spiro atoms. The number of hydrogen-bond acceptors (Lipinski definition) is 5. The van der Waals surface area contributed by atoms with Gasteiger partial charge in [0.05, 0.1) is 30.3 Å². The summed E-state index contributed by atoms with van der Waals surface area (Å²) in [6, 6.07) is 1.43. The zero-order valence-electron chi connectivity index (χ0n) is 13.9. The number of aromatic nitrogens is 1. The number of hydrogen-bond donors (Lipinski definition) is 1. The van der Waals surface area contributed by atoms with Crippen molar-refractivity contribution >= 4 is 21.7 Å². The number of unbranched alkanes of at least 4 members (excludes halogenated alkanes) is 6. The van der Waals surface area contributed by atoms with E-state index in [1.807, 2.05) is 0 Å². The van der Waals surface area contributed by atoms with Gasteiger partial charge in [0.1, 0.15) is 0 Å². The fraction of sp³-hybridized carbons (Fsp3) is 0.625. The van der Waals surface area contributed by atoms with Gasteiger partial charge in [0.15, 0.2) is 0 Å². The first kappa shape index (κ1) is 19.4. The summed E-state index contributed by atoms with van der Waals surface area (Å²) in [5, 5.41) is 0. The molecule has 0 atom stereocenters. The zero-order chi connectivity index (χ0) is 17.1. The Morgan fingerprint density at radius 2 is 1.83 bits per heavy atom. The Morgan fingerprint density at radius 1 is 1.17 bits per heavy atom. The van der Waals surface area contributed by atoms with Crippen LogP contribution in [0.5, 0.6) is 0 Å². The second-order valence-corrected chi connectivity index (χ2v) is 7.30. The van der Waals surface area contributed by atoms with Gasteiger partial charge < -0.3 is 4.74 Å². The van der Waals surface area contributed by atoms with Gasteiger partial charge in [-0.25, -0.2) is 13.2 Å². The highest BCUT2D eigenvalue weighted by molar-refractivity contribution is 7.92. The molecule has 23 heavy (non-hydrogen) atoms. The molecule has 0 aliphatic carbocycles. The molecule has 0 radical (unpaired) electrons. The van der Waals surface area contributed by atoms with Crippen LogP contribution >= 0.6 is 0 Å². The molecule has 1 N–H and O–H groups in total. The minimum Gasteiger partial charge on any atom is -0.465 e. The minimum atomic E-state index is -3.49. The molecule has 7 heteroatoms. The maximum atomic E-state index is 12.1. The molecule has 1 heterocycles. The lowest BCUT2D eigenvalue weighted by Gasteiger charge is -2.10. The number of carbonyl (C=O) groups is 1. The van der Waals surface area contributed by atoms with Crippen LogP contribution in [0.2, 0.25) is 0 Å². The predicted octanol–water partition coefficient (Wildman–Crippen LogP) is 3.36. The number of ether oxygens (including phenoxy) is 1. The molecule has 6 nitrogen and oxygen atoms in total. The van der Waals surface area contributed by atoms with Crippen LogP contribution in [-0.4, -0.2) is 32.2 Å². The van der Waals surface area contributed by atoms with Crippen LogP contribution in [0.4, 0.5) is 5.69 Å². The molecule has 0 saturated heterocycles. The molecule has 0 aliphatic rings. The molecular formula is C16H26N2O4S. The van der Waals surface area contributed by atoms with Gasteiger partial charge in [-0.05, 0) is 12.5 Å². The van der Waals surface area contributed by atoms with Crippen LogP contribution in [0.15, 0.2) is 18.5 Å². The van der Waals surface area contributed by atoms with E-state index in [1.54, 1.807) is 0 Å². The summed E-state index contributed by atoms with van der Waals surface area (Å²) in [6.45, 7) is 2.17. The van der Waals surface area contributed by atoms with E-state index in [0.717, 1.165) is 19.3 Å². The highest BCUT2D eigenvalue weighted by atomic mass is 32.2. The van der Waals surface area contributed by atoms with E-state index in [0.29, 0.717) is 6.42 Å². The first-order chi connectivity index (χ1) is 11.0. The molecule has 0 aromatic carbocycles. The van der Waals surface area contributed by atoms with E-state index < -0.39 is 16.0 Å². The lowest BCUT2D eigenvalue weighted by atomic mass is 10.1. The topological polar surface area (TPSA) is 85.4 Å². The number of nitrogens with zero attached hydrogens (tertiary/aromatic N) is 1. The van der Waals surface area contributed by atoms with Gasteiger partial charge in [-0.2, -0.15) is 0 Å². The fourth-order valence-electron chi connectivity index (χ4n) is 2.23. The maximum absolute atomic E-state index is 12.1. The molecule has 1 aromatic rings. The minimum absolute atomic E-state index is 0.0380. The van der Waals surface area contributed by atoms with Gasteiger partial charge in [-0.15, -0.1) is 0 Å². The second kappa shape index (κ2) is 10.2. The molecule has 0 saturated carbocycles. The molecule has 0 unspecified atom stereocenters.